The van der Waals surface area contributed by atoms with Crippen LogP contribution in [0.3, 0.4) is 0 Å². The SMILES string of the molecule is COc1ccc(C(=O)OC(C)C(=O)Nc2c(F)cccc2F)cc1S(=O)(=O)NC1CCCC1. The molecule has 0 radical (unpaired) electrons. The molecule has 1 saturated carbocycles. The number of halogens is 2. The van der Waals surface area contributed by atoms with Crippen molar-refractivity contribution in [2.24, 2.45) is 0 Å². The number of ether oxygens (including phenoxy) is 2. The summed E-state index contributed by atoms with van der Waals surface area (Å²) in [4.78, 5) is 24.6. The summed E-state index contributed by atoms with van der Waals surface area (Å²) in [6.07, 6.45) is 1.87. The van der Waals surface area contributed by atoms with Gasteiger partial charge in [-0.15, -0.1) is 0 Å². The highest BCUT2D eigenvalue weighted by atomic mass is 32.2. The molecule has 11 heteroatoms. The lowest BCUT2D eigenvalue weighted by atomic mass is 10.2. The molecule has 0 saturated heterocycles. The number of carbonyl (C=O) groups excluding carboxylic acids is 2. The first kappa shape index (κ1) is 24.6. The van der Waals surface area contributed by atoms with Gasteiger partial charge < -0.3 is 14.8 Å². The standard InChI is InChI=1S/C22H24F2N2O6S/c1-13(21(27)25-20-16(23)8-5-9-17(20)24)32-22(28)14-10-11-18(31-2)19(12-14)33(29,30)26-15-6-3-4-7-15/h5,8-13,15,26H,3-4,6-7H2,1-2H3,(H,25,27). The van der Waals surface area contributed by atoms with Crippen LogP contribution in [-0.2, 0) is 19.6 Å². The van der Waals surface area contributed by atoms with Crippen LogP contribution in [0.5, 0.6) is 5.75 Å². The van der Waals surface area contributed by atoms with E-state index < -0.39 is 45.3 Å². The van der Waals surface area contributed by atoms with Gasteiger partial charge >= 0.3 is 5.97 Å². The fourth-order valence-electron chi connectivity index (χ4n) is 3.46. The summed E-state index contributed by atoms with van der Waals surface area (Å²) in [5, 5.41) is 2.04. The van der Waals surface area contributed by atoms with Gasteiger partial charge in [0.05, 0.1) is 12.7 Å². The van der Waals surface area contributed by atoms with Gasteiger partial charge in [-0.05, 0) is 50.1 Å². The lowest BCUT2D eigenvalue weighted by molar-refractivity contribution is -0.123. The van der Waals surface area contributed by atoms with Crippen LogP contribution in [0, 0.1) is 11.6 Å². The zero-order chi connectivity index (χ0) is 24.2. The number of carbonyl (C=O) groups is 2. The number of anilines is 1. The van der Waals surface area contributed by atoms with Crippen molar-refractivity contribution in [3.8, 4) is 5.75 Å². The molecule has 8 nitrogen and oxygen atoms in total. The van der Waals surface area contributed by atoms with Gasteiger partial charge in [-0.1, -0.05) is 18.9 Å². The molecule has 0 aliphatic heterocycles. The largest absolute Gasteiger partial charge is 0.495 e. The average Bonchev–Trinajstić information content (AvgIpc) is 3.28. The number of methoxy groups -OCH3 is 1. The smallest absolute Gasteiger partial charge is 0.338 e. The predicted molar refractivity (Wildman–Crippen MR) is 115 cm³/mol. The maximum absolute atomic E-state index is 13.7. The minimum Gasteiger partial charge on any atom is -0.495 e. The number of para-hydroxylation sites is 1. The first-order valence-electron chi connectivity index (χ1n) is 10.3. The molecule has 2 N–H and O–H groups in total. The Morgan fingerprint density at radius 2 is 1.73 bits per heavy atom. The lowest BCUT2D eigenvalue weighted by Gasteiger charge is -2.17. The van der Waals surface area contributed by atoms with Gasteiger partial charge in [-0.3, -0.25) is 4.79 Å². The van der Waals surface area contributed by atoms with Gasteiger partial charge in [0.2, 0.25) is 10.0 Å². The van der Waals surface area contributed by atoms with Gasteiger partial charge in [0.15, 0.2) is 6.10 Å². The quantitative estimate of drug-likeness (QED) is 0.558. The molecule has 0 spiro atoms. The number of hydrogen-bond donors (Lipinski definition) is 2. The first-order chi connectivity index (χ1) is 15.6. The second-order valence-corrected chi connectivity index (χ2v) is 9.28. The Balaban J connectivity index is 1.75. The molecule has 3 rings (SSSR count). The normalized spacial score (nSPS) is 15.2. The minimum atomic E-state index is -3.98. The number of rotatable bonds is 8. The molecule has 178 valence electrons. The second kappa shape index (κ2) is 10.3. The Morgan fingerprint density at radius 3 is 2.33 bits per heavy atom. The van der Waals surface area contributed by atoms with E-state index in [9.17, 15) is 26.8 Å². The number of esters is 1. The molecular weight excluding hydrogens is 458 g/mol. The molecule has 2 aromatic carbocycles. The van der Waals surface area contributed by atoms with Crippen LogP contribution in [0.2, 0.25) is 0 Å². The molecule has 1 aliphatic carbocycles. The van der Waals surface area contributed by atoms with Crippen LogP contribution >= 0.6 is 0 Å². The first-order valence-corrected chi connectivity index (χ1v) is 11.8. The van der Waals surface area contributed by atoms with Crippen molar-refractivity contribution >= 4 is 27.6 Å². The second-order valence-electron chi connectivity index (χ2n) is 7.60. The molecule has 2 aromatic rings. The fraction of sp³-hybridized carbons (Fsp3) is 0.364. The highest BCUT2D eigenvalue weighted by molar-refractivity contribution is 7.89. The maximum atomic E-state index is 13.7. The fourth-order valence-corrected chi connectivity index (χ4v) is 4.96. The van der Waals surface area contributed by atoms with Crippen molar-refractivity contribution in [2.75, 3.05) is 12.4 Å². The molecule has 1 aliphatic rings. The van der Waals surface area contributed by atoms with Crippen molar-refractivity contribution in [1.29, 1.82) is 0 Å². The predicted octanol–water partition coefficient (Wildman–Crippen LogP) is 3.38. The number of nitrogens with one attached hydrogen (secondary N) is 2. The highest BCUT2D eigenvalue weighted by Crippen LogP contribution is 2.28. The zero-order valence-electron chi connectivity index (χ0n) is 18.1. The third kappa shape index (κ3) is 5.85. The Labute approximate surface area is 190 Å². The van der Waals surface area contributed by atoms with E-state index >= 15 is 0 Å². The Bertz CT molecular complexity index is 1130. The summed E-state index contributed by atoms with van der Waals surface area (Å²) in [6, 6.07) is 6.57. The summed E-state index contributed by atoms with van der Waals surface area (Å²) in [5.41, 5.74) is -0.805. The van der Waals surface area contributed by atoms with Crippen LogP contribution < -0.4 is 14.8 Å². The van der Waals surface area contributed by atoms with Crippen molar-refractivity contribution in [2.45, 2.75) is 49.6 Å². The highest BCUT2D eigenvalue weighted by Gasteiger charge is 2.28. The van der Waals surface area contributed by atoms with E-state index in [1.807, 2.05) is 5.32 Å². The van der Waals surface area contributed by atoms with Crippen molar-refractivity contribution in [1.82, 2.24) is 4.72 Å². The number of amides is 1. The number of hydrogen-bond acceptors (Lipinski definition) is 6. The molecule has 0 heterocycles. The van der Waals surface area contributed by atoms with Gasteiger partial charge in [0.25, 0.3) is 5.91 Å². The summed E-state index contributed by atoms with van der Waals surface area (Å²) < 4.78 is 66.0. The monoisotopic (exact) mass is 482 g/mol. The Morgan fingerprint density at radius 1 is 1.09 bits per heavy atom. The lowest BCUT2D eigenvalue weighted by Crippen LogP contribution is -2.33. The van der Waals surface area contributed by atoms with Crippen molar-refractivity contribution in [3.63, 3.8) is 0 Å². The van der Waals surface area contributed by atoms with Gasteiger partial charge in [0, 0.05) is 6.04 Å². The van der Waals surface area contributed by atoms with E-state index in [1.54, 1.807) is 0 Å². The number of benzene rings is 2. The van der Waals surface area contributed by atoms with E-state index in [2.05, 4.69) is 4.72 Å². The van der Waals surface area contributed by atoms with Crippen LogP contribution in [0.15, 0.2) is 41.3 Å². The van der Waals surface area contributed by atoms with E-state index in [-0.39, 0.29) is 22.3 Å². The van der Waals surface area contributed by atoms with Crippen LogP contribution in [0.4, 0.5) is 14.5 Å². The van der Waals surface area contributed by atoms with Crippen molar-refractivity contribution in [3.05, 3.63) is 53.6 Å². The summed E-state index contributed by atoms with van der Waals surface area (Å²) in [7, 11) is -2.68. The summed E-state index contributed by atoms with van der Waals surface area (Å²) in [6.45, 7) is 1.22. The van der Waals surface area contributed by atoms with E-state index in [1.165, 1.54) is 26.2 Å². The van der Waals surface area contributed by atoms with E-state index in [0.29, 0.717) is 0 Å². The molecule has 0 bridgehead atoms. The van der Waals surface area contributed by atoms with Crippen LogP contribution in [0.25, 0.3) is 0 Å². The minimum absolute atomic E-state index is 0.0397. The van der Waals surface area contributed by atoms with Gasteiger partial charge in [-0.2, -0.15) is 0 Å². The molecule has 1 unspecified atom stereocenters. The maximum Gasteiger partial charge on any atom is 0.338 e. The Hall–Kier alpha value is -3.05. The Kier molecular flexibility index (Phi) is 7.65. The molecule has 1 amide bonds. The summed E-state index contributed by atoms with van der Waals surface area (Å²) in [5.74, 6) is -3.88. The summed E-state index contributed by atoms with van der Waals surface area (Å²) >= 11 is 0. The molecule has 1 fully saturated rings. The topological polar surface area (TPSA) is 111 Å². The van der Waals surface area contributed by atoms with Crippen LogP contribution in [-0.4, -0.2) is 39.5 Å². The molecule has 1 atom stereocenters. The van der Waals surface area contributed by atoms with E-state index in [0.717, 1.165) is 49.9 Å². The molecular formula is C22H24F2N2O6S. The van der Waals surface area contributed by atoms with Gasteiger partial charge in [-0.25, -0.2) is 26.7 Å². The third-order valence-electron chi connectivity index (χ3n) is 5.23. The average molecular weight is 483 g/mol. The zero-order valence-corrected chi connectivity index (χ0v) is 18.9. The van der Waals surface area contributed by atoms with Crippen LogP contribution in [0.1, 0.15) is 43.0 Å². The molecule has 0 aromatic heterocycles. The van der Waals surface area contributed by atoms with Crippen molar-refractivity contribution < 1.29 is 36.3 Å². The third-order valence-corrected chi connectivity index (χ3v) is 6.77. The molecule has 33 heavy (non-hydrogen) atoms. The number of sulfonamides is 1. The van der Waals surface area contributed by atoms with E-state index in [4.69, 9.17) is 9.47 Å². The van der Waals surface area contributed by atoms with Gasteiger partial charge in [0.1, 0.15) is 28.0 Å².